The monoisotopic (exact) mass is 960 g/mol. The highest BCUT2D eigenvalue weighted by Crippen LogP contribution is 2.39. The van der Waals surface area contributed by atoms with Crippen molar-refractivity contribution in [2.75, 3.05) is 37.6 Å². The lowest BCUT2D eigenvalue weighted by molar-refractivity contribution is 0.00578. The molecule has 2 aromatic heterocycles. The van der Waals surface area contributed by atoms with Gasteiger partial charge in [-0.25, -0.2) is 19.6 Å². The zero-order valence-electron chi connectivity index (χ0n) is 31.8. The number of carbonyl (C=O) groups is 2. The number of rotatable bonds is 2. The average Bonchev–Trinajstić information content (AvgIpc) is 3.25. The van der Waals surface area contributed by atoms with E-state index in [1.807, 2.05) is 93.5 Å². The van der Waals surface area contributed by atoms with Crippen molar-refractivity contribution in [2.45, 2.75) is 104 Å². The summed E-state index contributed by atoms with van der Waals surface area (Å²) in [5, 5.41) is 0. The molecular weight excluding hydrogens is 910 g/mol. The van der Waals surface area contributed by atoms with Gasteiger partial charge in [0.15, 0.2) is 0 Å². The minimum absolute atomic E-state index is 0.267. The quantitative estimate of drug-likeness (QED) is 0.221. The largest absolute Gasteiger partial charge is 0.490 e. The molecule has 1 fully saturated rings. The fourth-order valence-corrected chi connectivity index (χ4v) is 6.44. The fourth-order valence-electron chi connectivity index (χ4n) is 4.86. The number of amides is 2. The van der Waals surface area contributed by atoms with E-state index in [0.29, 0.717) is 37.8 Å². The van der Waals surface area contributed by atoms with E-state index in [0.717, 1.165) is 36.4 Å². The Balaban J connectivity index is 0.000000228. The highest BCUT2D eigenvalue weighted by atomic mass is 127. The first kappa shape index (κ1) is 44.0. The SMILES string of the molecule is CC(C)(C)OC(=O)N1CC=C(B2OC(C)(C)C(C)(C)O2)CC1.CC(C)(C)OC(=O)N1CC=C(c2cnc(N)c(Br)c2)CC1.Nc1ncc(I)cc1Br. The molecule has 0 aliphatic carbocycles. The third-order valence-electron chi connectivity index (χ3n) is 8.39. The van der Waals surface area contributed by atoms with Gasteiger partial charge in [0.25, 0.3) is 0 Å². The number of nitrogens with two attached hydrogens (primary N) is 2. The van der Waals surface area contributed by atoms with E-state index in [1.165, 1.54) is 5.57 Å². The van der Waals surface area contributed by atoms with Gasteiger partial charge >= 0.3 is 19.3 Å². The number of hydrogen-bond donors (Lipinski definition) is 2. The van der Waals surface area contributed by atoms with Crippen molar-refractivity contribution < 1.29 is 28.4 Å². The molecule has 12 nitrogen and oxygen atoms in total. The highest BCUT2D eigenvalue weighted by Gasteiger charge is 2.52. The van der Waals surface area contributed by atoms with Gasteiger partial charge in [0, 0.05) is 42.1 Å². The molecule has 5 rings (SSSR count). The van der Waals surface area contributed by atoms with E-state index in [-0.39, 0.29) is 30.5 Å². The number of nitrogens with zero attached hydrogens (tertiary/aromatic N) is 4. The van der Waals surface area contributed by atoms with Crippen LogP contribution in [0.4, 0.5) is 21.2 Å². The van der Waals surface area contributed by atoms with Gasteiger partial charge in [-0.3, -0.25) is 0 Å². The predicted octanol–water partition coefficient (Wildman–Crippen LogP) is 8.67. The Bertz CT molecular complexity index is 1640. The molecule has 0 bridgehead atoms. The van der Waals surface area contributed by atoms with Crippen LogP contribution in [-0.4, -0.2) is 87.7 Å². The molecule has 4 N–H and O–H groups in total. The van der Waals surface area contributed by atoms with Crippen LogP contribution >= 0.6 is 54.5 Å². The van der Waals surface area contributed by atoms with Crippen LogP contribution in [0.5, 0.6) is 0 Å². The Labute approximate surface area is 339 Å². The molecular formula is C36H52BBr2IN6O6. The van der Waals surface area contributed by atoms with E-state index in [1.54, 1.807) is 22.2 Å². The minimum atomic E-state index is -0.465. The van der Waals surface area contributed by atoms with Gasteiger partial charge in [0.1, 0.15) is 22.8 Å². The smallest absolute Gasteiger partial charge is 0.444 e. The predicted molar refractivity (Wildman–Crippen MR) is 222 cm³/mol. The Hall–Kier alpha value is -2.41. The number of anilines is 2. The Morgan fingerprint density at radius 1 is 0.808 bits per heavy atom. The molecule has 0 aromatic carbocycles. The molecule has 0 atom stereocenters. The Morgan fingerprint density at radius 2 is 1.27 bits per heavy atom. The zero-order chi connectivity index (χ0) is 39.2. The maximum absolute atomic E-state index is 12.1. The second kappa shape index (κ2) is 17.8. The number of halogens is 3. The van der Waals surface area contributed by atoms with Crippen molar-refractivity contribution in [3.05, 3.63) is 60.2 Å². The van der Waals surface area contributed by atoms with Crippen LogP contribution in [-0.2, 0) is 18.8 Å². The summed E-state index contributed by atoms with van der Waals surface area (Å²) in [6, 6.07) is 3.88. The van der Waals surface area contributed by atoms with Crippen molar-refractivity contribution >= 4 is 91.0 Å². The van der Waals surface area contributed by atoms with E-state index in [2.05, 4.69) is 64.4 Å². The molecule has 0 radical (unpaired) electrons. The summed E-state index contributed by atoms with van der Waals surface area (Å²) in [5.74, 6) is 1.01. The van der Waals surface area contributed by atoms with Gasteiger partial charge in [0.05, 0.1) is 20.1 Å². The van der Waals surface area contributed by atoms with Crippen molar-refractivity contribution in [1.29, 1.82) is 0 Å². The van der Waals surface area contributed by atoms with Crippen molar-refractivity contribution in [1.82, 2.24) is 19.8 Å². The summed E-state index contributed by atoms with van der Waals surface area (Å²) >= 11 is 8.81. The number of ether oxygens (including phenoxy) is 2. The molecule has 2 amide bonds. The fraction of sp³-hybridized carbons (Fsp3) is 0.556. The Morgan fingerprint density at radius 3 is 1.65 bits per heavy atom. The summed E-state index contributed by atoms with van der Waals surface area (Å²) in [6.45, 7) is 21.8. The molecule has 1 saturated heterocycles. The maximum atomic E-state index is 12.1. The molecule has 2 aromatic rings. The molecule has 0 saturated carbocycles. The van der Waals surface area contributed by atoms with Crippen molar-refractivity contribution in [3.63, 3.8) is 0 Å². The lowest BCUT2D eigenvalue weighted by atomic mass is 9.75. The molecule has 0 unspecified atom stereocenters. The molecule has 16 heteroatoms. The van der Waals surface area contributed by atoms with Gasteiger partial charge in [-0.05, 0) is 165 Å². The highest BCUT2D eigenvalue weighted by molar-refractivity contribution is 14.1. The molecule has 0 spiro atoms. The average molecular weight is 962 g/mol. The van der Waals surface area contributed by atoms with Gasteiger partial charge < -0.3 is 40.0 Å². The van der Waals surface area contributed by atoms with Crippen molar-refractivity contribution in [2.24, 2.45) is 0 Å². The van der Waals surface area contributed by atoms with E-state index >= 15 is 0 Å². The first-order valence-corrected chi connectivity index (χ1v) is 19.7. The van der Waals surface area contributed by atoms with Crippen LogP contribution in [0.25, 0.3) is 5.57 Å². The second-order valence-electron chi connectivity index (χ2n) is 15.6. The third-order valence-corrected chi connectivity index (χ3v) is 10.2. The summed E-state index contributed by atoms with van der Waals surface area (Å²) in [6.07, 6.45) is 8.53. The lowest BCUT2D eigenvalue weighted by Gasteiger charge is -2.32. The topological polar surface area (TPSA) is 155 Å². The number of carbonyl (C=O) groups excluding carboxylic acids is 2. The van der Waals surface area contributed by atoms with Crippen LogP contribution in [0.3, 0.4) is 0 Å². The van der Waals surface area contributed by atoms with Gasteiger partial charge in [-0.15, -0.1) is 0 Å². The number of aromatic nitrogens is 2. The molecule has 52 heavy (non-hydrogen) atoms. The Kier molecular flexibility index (Phi) is 15.1. The second-order valence-corrected chi connectivity index (χ2v) is 18.5. The number of hydrogen-bond acceptors (Lipinski definition) is 10. The van der Waals surface area contributed by atoms with Gasteiger partial charge in [-0.1, -0.05) is 12.2 Å². The van der Waals surface area contributed by atoms with Crippen LogP contribution in [0.2, 0.25) is 0 Å². The number of pyridine rings is 2. The minimum Gasteiger partial charge on any atom is -0.444 e. The van der Waals surface area contributed by atoms with E-state index in [4.69, 9.17) is 30.2 Å². The number of nitrogen functional groups attached to an aromatic ring is 2. The first-order valence-electron chi connectivity index (χ1n) is 17.0. The third kappa shape index (κ3) is 13.2. The van der Waals surface area contributed by atoms with Crippen LogP contribution in [0.15, 0.2) is 51.1 Å². The zero-order valence-corrected chi connectivity index (χ0v) is 37.1. The standard InChI is InChI=1S/C16H28BNO4.C15H20BrN3O2.C5H4BrIN2/c1-14(2,3)20-13(19)18-10-8-12(9-11-18)17-21-15(4,5)16(6,7)22-17;1-15(2,3)21-14(20)19-6-4-10(5-7-19)11-8-12(16)13(17)18-9-11;6-4-1-3(7)2-9-5(4)8/h8H,9-11H2,1-7H3;4,8-9H,5-7H2,1-3H3,(H2,17,18);1-2H,(H2,8,9). The summed E-state index contributed by atoms with van der Waals surface area (Å²) in [4.78, 5) is 35.5. The lowest BCUT2D eigenvalue weighted by Crippen LogP contribution is -2.41. The maximum Gasteiger partial charge on any atom is 0.490 e. The van der Waals surface area contributed by atoms with Gasteiger partial charge in [-0.2, -0.15) is 0 Å². The van der Waals surface area contributed by atoms with Crippen LogP contribution in [0, 0.1) is 3.57 Å². The first-order chi connectivity index (χ1) is 23.9. The normalized spacial score (nSPS) is 18.2. The summed E-state index contributed by atoms with van der Waals surface area (Å²) < 4.78 is 25.6. The van der Waals surface area contributed by atoms with Crippen LogP contribution in [0.1, 0.15) is 87.6 Å². The molecule has 3 aliphatic heterocycles. The summed E-state index contributed by atoms with van der Waals surface area (Å²) in [7, 11) is -0.314. The molecule has 286 valence electrons. The van der Waals surface area contributed by atoms with E-state index in [9.17, 15) is 9.59 Å². The summed E-state index contributed by atoms with van der Waals surface area (Å²) in [5.41, 5.74) is 12.8. The van der Waals surface area contributed by atoms with Crippen molar-refractivity contribution in [3.8, 4) is 0 Å². The molecule has 3 aliphatic rings. The van der Waals surface area contributed by atoms with Gasteiger partial charge in [0.2, 0.25) is 0 Å². The van der Waals surface area contributed by atoms with Crippen LogP contribution < -0.4 is 11.5 Å². The molecule has 5 heterocycles. The van der Waals surface area contributed by atoms with E-state index < -0.39 is 11.2 Å².